The SMILES string of the molecule is CCCCCC(C)(C)CNCC(=O)N(C)C1CC1. The fourth-order valence-corrected chi connectivity index (χ4v) is 2.24. The molecule has 0 unspecified atom stereocenters. The van der Waals surface area contributed by atoms with Crippen molar-refractivity contribution in [3.8, 4) is 0 Å². The molecule has 0 spiro atoms. The maximum absolute atomic E-state index is 11.8. The molecule has 0 aliphatic heterocycles. The fraction of sp³-hybridized carbons (Fsp3) is 0.933. The first-order chi connectivity index (χ1) is 8.46. The molecule has 0 bridgehead atoms. The van der Waals surface area contributed by atoms with Crippen molar-refractivity contribution in [2.45, 2.75) is 65.3 Å². The van der Waals surface area contributed by atoms with Crippen LogP contribution < -0.4 is 5.32 Å². The van der Waals surface area contributed by atoms with E-state index in [1.165, 1.54) is 38.5 Å². The van der Waals surface area contributed by atoms with Gasteiger partial charge in [0.15, 0.2) is 0 Å². The van der Waals surface area contributed by atoms with Gasteiger partial charge in [-0.1, -0.05) is 40.0 Å². The molecule has 3 heteroatoms. The molecular weight excluding hydrogens is 224 g/mol. The quantitative estimate of drug-likeness (QED) is 0.642. The highest BCUT2D eigenvalue weighted by Gasteiger charge is 2.29. The third kappa shape index (κ3) is 5.85. The zero-order valence-electron chi connectivity index (χ0n) is 12.6. The number of nitrogens with one attached hydrogen (secondary N) is 1. The van der Waals surface area contributed by atoms with Gasteiger partial charge in [0.1, 0.15) is 0 Å². The van der Waals surface area contributed by atoms with Crippen LogP contribution in [0.15, 0.2) is 0 Å². The highest BCUT2D eigenvalue weighted by molar-refractivity contribution is 5.78. The highest BCUT2D eigenvalue weighted by atomic mass is 16.2. The van der Waals surface area contributed by atoms with Crippen molar-refractivity contribution in [1.82, 2.24) is 10.2 Å². The first-order valence-corrected chi connectivity index (χ1v) is 7.42. The second kappa shape index (κ2) is 7.13. The van der Waals surface area contributed by atoms with E-state index in [9.17, 15) is 4.79 Å². The number of carbonyl (C=O) groups excluding carboxylic acids is 1. The van der Waals surface area contributed by atoms with Crippen LogP contribution in [-0.4, -0.2) is 37.0 Å². The summed E-state index contributed by atoms with van der Waals surface area (Å²) >= 11 is 0. The van der Waals surface area contributed by atoms with Crippen LogP contribution in [0.3, 0.4) is 0 Å². The Morgan fingerprint density at radius 2 is 2.00 bits per heavy atom. The van der Waals surface area contributed by atoms with Crippen LogP contribution in [0, 0.1) is 5.41 Å². The Hall–Kier alpha value is -0.570. The summed E-state index contributed by atoms with van der Waals surface area (Å²) in [7, 11) is 1.92. The molecule has 0 aromatic heterocycles. The van der Waals surface area contributed by atoms with Crippen molar-refractivity contribution in [2.24, 2.45) is 5.41 Å². The van der Waals surface area contributed by atoms with Crippen LogP contribution in [0.25, 0.3) is 0 Å². The minimum atomic E-state index is 0.238. The first-order valence-electron chi connectivity index (χ1n) is 7.42. The van der Waals surface area contributed by atoms with Crippen LogP contribution in [0.5, 0.6) is 0 Å². The molecule has 106 valence electrons. The molecule has 1 rings (SSSR count). The van der Waals surface area contributed by atoms with E-state index in [-0.39, 0.29) is 5.91 Å². The van der Waals surface area contributed by atoms with Gasteiger partial charge in [0.05, 0.1) is 6.54 Å². The van der Waals surface area contributed by atoms with Gasteiger partial charge < -0.3 is 10.2 Å². The number of hydrogen-bond acceptors (Lipinski definition) is 2. The Labute approximate surface area is 112 Å². The number of rotatable bonds is 9. The van der Waals surface area contributed by atoms with Crippen molar-refractivity contribution in [1.29, 1.82) is 0 Å². The normalized spacial score (nSPS) is 15.8. The van der Waals surface area contributed by atoms with E-state index in [1.54, 1.807) is 0 Å². The predicted molar refractivity (Wildman–Crippen MR) is 76.6 cm³/mol. The number of amides is 1. The van der Waals surface area contributed by atoms with Crippen molar-refractivity contribution >= 4 is 5.91 Å². The molecule has 1 fully saturated rings. The maximum Gasteiger partial charge on any atom is 0.236 e. The lowest BCUT2D eigenvalue weighted by Crippen LogP contribution is -2.40. The van der Waals surface area contributed by atoms with Crippen molar-refractivity contribution in [3.05, 3.63) is 0 Å². The number of likely N-dealkylation sites (N-methyl/N-ethyl adjacent to an activating group) is 1. The summed E-state index contributed by atoms with van der Waals surface area (Å²) in [4.78, 5) is 13.7. The molecule has 1 aliphatic rings. The minimum absolute atomic E-state index is 0.238. The summed E-state index contributed by atoms with van der Waals surface area (Å²) < 4.78 is 0. The second-order valence-electron chi connectivity index (χ2n) is 6.46. The summed E-state index contributed by atoms with van der Waals surface area (Å²) in [5, 5.41) is 3.32. The van der Waals surface area contributed by atoms with Gasteiger partial charge in [0.2, 0.25) is 5.91 Å². The molecule has 0 atom stereocenters. The molecule has 18 heavy (non-hydrogen) atoms. The fourth-order valence-electron chi connectivity index (χ4n) is 2.24. The molecule has 0 aromatic carbocycles. The molecule has 0 aromatic rings. The van der Waals surface area contributed by atoms with Crippen LogP contribution >= 0.6 is 0 Å². The molecule has 0 saturated heterocycles. The standard InChI is InChI=1S/C15H30N2O/c1-5-6-7-10-15(2,3)12-16-11-14(18)17(4)13-8-9-13/h13,16H,5-12H2,1-4H3. The monoisotopic (exact) mass is 254 g/mol. The molecular formula is C15H30N2O. The third-order valence-electron chi connectivity index (χ3n) is 3.82. The Morgan fingerprint density at radius 3 is 2.56 bits per heavy atom. The Morgan fingerprint density at radius 1 is 1.33 bits per heavy atom. The third-order valence-corrected chi connectivity index (χ3v) is 3.82. The summed E-state index contributed by atoms with van der Waals surface area (Å²) in [5.41, 5.74) is 0.299. The number of carbonyl (C=O) groups is 1. The molecule has 0 radical (unpaired) electrons. The molecule has 1 amide bonds. The molecule has 1 saturated carbocycles. The van der Waals surface area contributed by atoms with Crippen LogP contribution in [0.1, 0.15) is 59.3 Å². The van der Waals surface area contributed by atoms with E-state index in [0.29, 0.717) is 18.0 Å². The van der Waals surface area contributed by atoms with E-state index in [0.717, 1.165) is 6.54 Å². The predicted octanol–water partition coefficient (Wildman–Crippen LogP) is 2.80. The minimum Gasteiger partial charge on any atom is -0.342 e. The van der Waals surface area contributed by atoms with Gasteiger partial charge in [0, 0.05) is 19.6 Å². The summed E-state index contributed by atoms with van der Waals surface area (Å²) in [6, 6.07) is 0.525. The summed E-state index contributed by atoms with van der Waals surface area (Å²) in [6.45, 7) is 8.22. The Balaban J connectivity index is 2.13. The zero-order chi connectivity index (χ0) is 13.6. The van der Waals surface area contributed by atoms with Crippen LogP contribution in [0.2, 0.25) is 0 Å². The van der Waals surface area contributed by atoms with Gasteiger partial charge in [-0.05, 0) is 24.7 Å². The van der Waals surface area contributed by atoms with Gasteiger partial charge in [-0.15, -0.1) is 0 Å². The zero-order valence-corrected chi connectivity index (χ0v) is 12.6. The van der Waals surface area contributed by atoms with Crippen molar-refractivity contribution in [2.75, 3.05) is 20.1 Å². The van der Waals surface area contributed by atoms with E-state index < -0.39 is 0 Å². The Bertz CT molecular complexity index is 259. The van der Waals surface area contributed by atoms with Gasteiger partial charge in [-0.3, -0.25) is 4.79 Å². The average Bonchev–Trinajstić information content (AvgIpc) is 3.11. The van der Waals surface area contributed by atoms with E-state index >= 15 is 0 Å². The smallest absolute Gasteiger partial charge is 0.236 e. The highest BCUT2D eigenvalue weighted by Crippen LogP contribution is 2.25. The van der Waals surface area contributed by atoms with Crippen LogP contribution in [0.4, 0.5) is 0 Å². The lowest BCUT2D eigenvalue weighted by molar-refractivity contribution is -0.129. The van der Waals surface area contributed by atoms with Gasteiger partial charge in [0.25, 0.3) is 0 Å². The van der Waals surface area contributed by atoms with Gasteiger partial charge >= 0.3 is 0 Å². The van der Waals surface area contributed by atoms with Crippen LogP contribution in [-0.2, 0) is 4.79 Å². The van der Waals surface area contributed by atoms with Crippen molar-refractivity contribution in [3.63, 3.8) is 0 Å². The largest absolute Gasteiger partial charge is 0.342 e. The van der Waals surface area contributed by atoms with E-state index in [1.807, 2.05) is 11.9 Å². The molecule has 3 nitrogen and oxygen atoms in total. The molecule has 1 N–H and O–H groups in total. The average molecular weight is 254 g/mol. The van der Waals surface area contributed by atoms with Crippen molar-refractivity contribution < 1.29 is 4.79 Å². The summed E-state index contributed by atoms with van der Waals surface area (Å²) in [5.74, 6) is 0.238. The first kappa shape index (κ1) is 15.5. The molecule has 1 aliphatic carbocycles. The number of unbranched alkanes of at least 4 members (excludes halogenated alkanes) is 2. The van der Waals surface area contributed by atoms with Gasteiger partial charge in [-0.2, -0.15) is 0 Å². The summed E-state index contributed by atoms with van der Waals surface area (Å²) in [6.07, 6.45) is 7.48. The molecule has 0 heterocycles. The number of hydrogen-bond donors (Lipinski definition) is 1. The topological polar surface area (TPSA) is 32.3 Å². The maximum atomic E-state index is 11.8. The van der Waals surface area contributed by atoms with E-state index in [4.69, 9.17) is 0 Å². The Kier molecular flexibility index (Phi) is 6.13. The van der Waals surface area contributed by atoms with E-state index in [2.05, 4.69) is 26.1 Å². The number of nitrogens with zero attached hydrogens (tertiary/aromatic N) is 1. The second-order valence-corrected chi connectivity index (χ2v) is 6.46. The lowest BCUT2D eigenvalue weighted by atomic mass is 9.87. The van der Waals surface area contributed by atoms with Gasteiger partial charge in [-0.25, -0.2) is 0 Å². The lowest BCUT2D eigenvalue weighted by Gasteiger charge is -2.25.